The summed E-state index contributed by atoms with van der Waals surface area (Å²) in [6.07, 6.45) is 2.24. The lowest BCUT2D eigenvalue weighted by atomic mass is 10.2. The van der Waals surface area contributed by atoms with Crippen molar-refractivity contribution in [3.8, 4) is 0 Å². The SMILES string of the molecule is COC(=O)c1ccc(NC(=O)NC2CCN(c3ncccc3F)C2)cc1. The van der Waals surface area contributed by atoms with Crippen LogP contribution in [0.1, 0.15) is 16.8 Å². The van der Waals surface area contributed by atoms with Gasteiger partial charge in [0, 0.05) is 31.0 Å². The molecule has 8 heteroatoms. The van der Waals surface area contributed by atoms with E-state index in [1.807, 2.05) is 4.90 Å². The number of ether oxygens (including phenoxy) is 1. The van der Waals surface area contributed by atoms with E-state index < -0.39 is 5.97 Å². The first-order valence-electron chi connectivity index (χ1n) is 8.18. The highest BCUT2D eigenvalue weighted by Crippen LogP contribution is 2.21. The van der Waals surface area contributed by atoms with Gasteiger partial charge in [-0.05, 0) is 42.8 Å². The van der Waals surface area contributed by atoms with Gasteiger partial charge in [0.05, 0.1) is 12.7 Å². The lowest BCUT2D eigenvalue weighted by Gasteiger charge is -2.18. The van der Waals surface area contributed by atoms with Gasteiger partial charge in [-0.2, -0.15) is 0 Å². The number of nitrogens with zero attached hydrogens (tertiary/aromatic N) is 2. The molecule has 1 atom stereocenters. The second kappa shape index (κ2) is 7.81. The summed E-state index contributed by atoms with van der Waals surface area (Å²) in [5.74, 6) is -0.507. The monoisotopic (exact) mass is 358 g/mol. The van der Waals surface area contributed by atoms with E-state index in [-0.39, 0.29) is 17.9 Å². The molecule has 1 aromatic carbocycles. The Morgan fingerprint density at radius 3 is 2.73 bits per heavy atom. The number of anilines is 2. The Labute approximate surface area is 150 Å². The Kier molecular flexibility index (Phi) is 5.31. The Morgan fingerprint density at radius 1 is 1.27 bits per heavy atom. The number of rotatable bonds is 4. The number of methoxy groups -OCH3 is 1. The minimum Gasteiger partial charge on any atom is -0.465 e. The molecule has 3 rings (SSSR count). The van der Waals surface area contributed by atoms with Gasteiger partial charge in [0.2, 0.25) is 0 Å². The molecule has 7 nitrogen and oxygen atoms in total. The van der Waals surface area contributed by atoms with Crippen molar-refractivity contribution in [3.05, 3.63) is 54.0 Å². The topological polar surface area (TPSA) is 83.6 Å². The van der Waals surface area contributed by atoms with Crippen molar-refractivity contribution in [2.75, 3.05) is 30.4 Å². The molecular formula is C18H19FN4O3. The summed E-state index contributed by atoms with van der Waals surface area (Å²) in [6.45, 7) is 1.11. The Hall–Kier alpha value is -3.16. The lowest BCUT2D eigenvalue weighted by molar-refractivity contribution is 0.0600. The largest absolute Gasteiger partial charge is 0.465 e. The summed E-state index contributed by atoms with van der Waals surface area (Å²) in [5, 5.41) is 5.57. The first-order valence-corrected chi connectivity index (χ1v) is 8.18. The molecular weight excluding hydrogens is 339 g/mol. The predicted octanol–water partition coefficient (Wildman–Crippen LogP) is 2.41. The summed E-state index contributed by atoms with van der Waals surface area (Å²) < 4.78 is 18.4. The summed E-state index contributed by atoms with van der Waals surface area (Å²) in [6, 6.07) is 8.84. The molecule has 0 bridgehead atoms. The van der Waals surface area contributed by atoms with Gasteiger partial charge >= 0.3 is 12.0 Å². The van der Waals surface area contributed by atoms with E-state index in [0.29, 0.717) is 36.6 Å². The number of esters is 1. The number of nitrogens with one attached hydrogen (secondary N) is 2. The van der Waals surface area contributed by atoms with Crippen LogP contribution in [0.4, 0.5) is 20.7 Å². The number of carbonyl (C=O) groups is 2. The van der Waals surface area contributed by atoms with Crippen LogP contribution < -0.4 is 15.5 Å². The molecule has 0 saturated carbocycles. The molecule has 1 unspecified atom stereocenters. The number of hydrogen-bond donors (Lipinski definition) is 2. The van der Waals surface area contributed by atoms with Crippen LogP contribution in [0, 0.1) is 5.82 Å². The summed E-state index contributed by atoms with van der Waals surface area (Å²) >= 11 is 0. The fourth-order valence-electron chi connectivity index (χ4n) is 2.84. The van der Waals surface area contributed by atoms with Crippen molar-refractivity contribution in [1.29, 1.82) is 0 Å². The third kappa shape index (κ3) is 4.08. The van der Waals surface area contributed by atoms with Gasteiger partial charge in [-0.3, -0.25) is 0 Å². The van der Waals surface area contributed by atoms with Gasteiger partial charge in [-0.1, -0.05) is 0 Å². The molecule has 2 amide bonds. The van der Waals surface area contributed by atoms with Gasteiger partial charge in [0.25, 0.3) is 0 Å². The van der Waals surface area contributed by atoms with Crippen LogP contribution in [-0.4, -0.2) is 43.2 Å². The Morgan fingerprint density at radius 2 is 2.04 bits per heavy atom. The average molecular weight is 358 g/mol. The fourth-order valence-corrected chi connectivity index (χ4v) is 2.84. The highest BCUT2D eigenvalue weighted by molar-refractivity contribution is 5.92. The van der Waals surface area contributed by atoms with Crippen molar-refractivity contribution in [2.45, 2.75) is 12.5 Å². The molecule has 0 radical (unpaired) electrons. The molecule has 1 aliphatic heterocycles. The van der Waals surface area contributed by atoms with Crippen LogP contribution in [0.25, 0.3) is 0 Å². The van der Waals surface area contributed by atoms with Crippen molar-refractivity contribution >= 4 is 23.5 Å². The van der Waals surface area contributed by atoms with Gasteiger partial charge in [-0.15, -0.1) is 0 Å². The van der Waals surface area contributed by atoms with Crippen molar-refractivity contribution in [1.82, 2.24) is 10.3 Å². The lowest BCUT2D eigenvalue weighted by Crippen LogP contribution is -2.39. The molecule has 2 N–H and O–H groups in total. The molecule has 0 aliphatic carbocycles. The maximum Gasteiger partial charge on any atom is 0.337 e. The van der Waals surface area contributed by atoms with E-state index >= 15 is 0 Å². The van der Waals surface area contributed by atoms with Crippen LogP contribution in [0.5, 0.6) is 0 Å². The van der Waals surface area contributed by atoms with E-state index in [1.165, 1.54) is 13.2 Å². The van der Waals surface area contributed by atoms with Crippen molar-refractivity contribution in [2.24, 2.45) is 0 Å². The standard InChI is InChI=1S/C18H19FN4O3/c1-26-17(24)12-4-6-13(7-5-12)21-18(25)22-14-8-10-23(11-14)16-15(19)3-2-9-20-16/h2-7,9,14H,8,10-11H2,1H3,(H2,21,22,25). The fraction of sp³-hybridized carbons (Fsp3) is 0.278. The zero-order chi connectivity index (χ0) is 18.5. The number of pyridine rings is 1. The molecule has 2 heterocycles. The van der Waals surface area contributed by atoms with Gasteiger partial charge in [0.1, 0.15) is 0 Å². The van der Waals surface area contributed by atoms with Crippen molar-refractivity contribution < 1.29 is 18.7 Å². The highest BCUT2D eigenvalue weighted by atomic mass is 19.1. The van der Waals surface area contributed by atoms with E-state index in [2.05, 4.69) is 20.4 Å². The average Bonchev–Trinajstić information content (AvgIpc) is 3.10. The number of amides is 2. The third-order valence-electron chi connectivity index (χ3n) is 4.13. The molecule has 1 fully saturated rings. The second-order valence-electron chi connectivity index (χ2n) is 5.91. The van der Waals surface area contributed by atoms with Crippen LogP contribution in [0.2, 0.25) is 0 Å². The summed E-state index contributed by atoms with van der Waals surface area (Å²) in [7, 11) is 1.31. The molecule has 1 saturated heterocycles. The van der Waals surface area contributed by atoms with Crippen LogP contribution in [-0.2, 0) is 4.74 Å². The molecule has 26 heavy (non-hydrogen) atoms. The number of carbonyl (C=O) groups excluding carboxylic acids is 2. The summed E-state index contributed by atoms with van der Waals surface area (Å²) in [4.78, 5) is 29.4. The zero-order valence-electron chi connectivity index (χ0n) is 14.2. The maximum absolute atomic E-state index is 13.8. The normalized spacial score (nSPS) is 16.2. The molecule has 1 aromatic heterocycles. The third-order valence-corrected chi connectivity index (χ3v) is 4.13. The Bertz CT molecular complexity index is 797. The quantitative estimate of drug-likeness (QED) is 0.820. The Balaban J connectivity index is 1.53. The molecule has 136 valence electrons. The van der Waals surface area contributed by atoms with E-state index in [9.17, 15) is 14.0 Å². The summed E-state index contributed by atoms with van der Waals surface area (Å²) in [5.41, 5.74) is 0.961. The molecule has 2 aromatic rings. The van der Waals surface area contributed by atoms with Gasteiger partial charge in [-0.25, -0.2) is 19.0 Å². The van der Waals surface area contributed by atoms with E-state index in [1.54, 1.807) is 36.5 Å². The number of aromatic nitrogens is 1. The predicted molar refractivity (Wildman–Crippen MR) is 94.7 cm³/mol. The van der Waals surface area contributed by atoms with Crippen LogP contribution >= 0.6 is 0 Å². The number of halogens is 1. The van der Waals surface area contributed by atoms with Crippen LogP contribution in [0.15, 0.2) is 42.6 Å². The zero-order valence-corrected chi connectivity index (χ0v) is 14.2. The minimum absolute atomic E-state index is 0.106. The van der Waals surface area contributed by atoms with E-state index in [0.717, 1.165) is 0 Å². The number of hydrogen-bond acceptors (Lipinski definition) is 5. The minimum atomic E-state index is -0.436. The smallest absolute Gasteiger partial charge is 0.337 e. The first kappa shape index (κ1) is 17.7. The van der Waals surface area contributed by atoms with Crippen molar-refractivity contribution in [3.63, 3.8) is 0 Å². The molecule has 1 aliphatic rings. The van der Waals surface area contributed by atoms with E-state index in [4.69, 9.17) is 0 Å². The number of urea groups is 1. The van der Waals surface area contributed by atoms with Gasteiger partial charge < -0.3 is 20.3 Å². The second-order valence-corrected chi connectivity index (χ2v) is 5.91. The molecule has 0 spiro atoms. The maximum atomic E-state index is 13.8. The van der Waals surface area contributed by atoms with Crippen LogP contribution in [0.3, 0.4) is 0 Å². The van der Waals surface area contributed by atoms with Gasteiger partial charge in [0.15, 0.2) is 11.6 Å². The number of benzene rings is 1. The highest BCUT2D eigenvalue weighted by Gasteiger charge is 2.26. The first-order chi connectivity index (χ1) is 12.6.